The van der Waals surface area contributed by atoms with E-state index in [0.717, 1.165) is 26.2 Å². The van der Waals surface area contributed by atoms with Gasteiger partial charge in [-0.15, -0.1) is 0 Å². The van der Waals surface area contributed by atoms with Crippen LogP contribution in [0.1, 0.15) is 12.8 Å². The maximum Gasteiger partial charge on any atom is 0.273 e. The van der Waals surface area contributed by atoms with Gasteiger partial charge in [0.1, 0.15) is 0 Å². The summed E-state index contributed by atoms with van der Waals surface area (Å²) in [5.41, 5.74) is 3.70. The minimum Gasteiger partial charge on any atom is -0.383 e. The first-order valence-electron chi connectivity index (χ1n) is 6.41. The summed E-state index contributed by atoms with van der Waals surface area (Å²) in [5, 5.41) is 14.0. The number of hydrogen-bond donors (Lipinski definition) is 3. The molecule has 0 saturated carbocycles. The third kappa shape index (κ3) is 3.80. The molecule has 0 radical (unpaired) electrons. The highest BCUT2D eigenvalue weighted by atomic mass is 16.6. The maximum atomic E-state index is 10.8. The summed E-state index contributed by atoms with van der Waals surface area (Å²) in [4.78, 5) is 12.8. The van der Waals surface area contributed by atoms with E-state index in [1.165, 1.54) is 25.0 Å². The lowest BCUT2D eigenvalue weighted by atomic mass is 10.2. The number of benzene rings is 1. The van der Waals surface area contributed by atoms with E-state index in [0.29, 0.717) is 11.4 Å². The molecule has 0 unspecified atom stereocenters. The smallest absolute Gasteiger partial charge is 0.273 e. The molecule has 1 aromatic carbocycles. The SMILES string of the molecule is NNc1cc(NCCN2CCCC2)cc([N+](=O)[O-])c1. The Labute approximate surface area is 111 Å². The fourth-order valence-electron chi connectivity index (χ4n) is 2.27. The van der Waals surface area contributed by atoms with Gasteiger partial charge in [-0.1, -0.05) is 0 Å². The molecule has 1 aliphatic heterocycles. The van der Waals surface area contributed by atoms with Crippen molar-refractivity contribution in [1.82, 2.24) is 4.90 Å². The highest BCUT2D eigenvalue weighted by Crippen LogP contribution is 2.23. The normalized spacial score (nSPS) is 15.4. The first-order chi connectivity index (χ1) is 9.19. The van der Waals surface area contributed by atoms with Gasteiger partial charge in [0.2, 0.25) is 0 Å². The number of nitrogens with one attached hydrogen (secondary N) is 2. The van der Waals surface area contributed by atoms with E-state index in [1.807, 2.05) is 0 Å². The van der Waals surface area contributed by atoms with E-state index in [4.69, 9.17) is 5.84 Å². The Kier molecular flexibility index (Phi) is 4.53. The van der Waals surface area contributed by atoms with E-state index >= 15 is 0 Å². The van der Waals surface area contributed by atoms with Crippen LogP contribution in [0.4, 0.5) is 17.1 Å². The number of nitrogen functional groups attached to an aromatic ring is 1. The second kappa shape index (κ2) is 6.35. The average molecular weight is 265 g/mol. The molecule has 104 valence electrons. The van der Waals surface area contributed by atoms with Gasteiger partial charge in [0, 0.05) is 30.9 Å². The predicted molar refractivity (Wildman–Crippen MR) is 75.1 cm³/mol. The lowest BCUT2D eigenvalue weighted by molar-refractivity contribution is -0.384. The molecule has 1 heterocycles. The molecule has 1 aromatic rings. The molecule has 0 amide bonds. The first-order valence-corrected chi connectivity index (χ1v) is 6.41. The Balaban J connectivity index is 1.94. The molecule has 0 atom stereocenters. The summed E-state index contributed by atoms with van der Waals surface area (Å²) in [6, 6.07) is 4.69. The standard InChI is InChI=1S/C12H19N5O2/c13-15-11-7-10(8-12(9-11)17(18)19)14-3-6-16-4-1-2-5-16/h7-9,14-15H,1-6,13H2. The number of non-ortho nitro benzene ring substituents is 1. The molecule has 0 spiro atoms. The predicted octanol–water partition coefficient (Wildman–Crippen LogP) is 1.39. The highest BCUT2D eigenvalue weighted by Gasteiger charge is 2.12. The van der Waals surface area contributed by atoms with Crippen molar-refractivity contribution in [3.8, 4) is 0 Å². The Morgan fingerprint density at radius 1 is 1.26 bits per heavy atom. The second-order valence-electron chi connectivity index (χ2n) is 4.65. The van der Waals surface area contributed by atoms with Crippen LogP contribution in [0.25, 0.3) is 0 Å². The monoisotopic (exact) mass is 265 g/mol. The number of rotatable bonds is 6. The van der Waals surface area contributed by atoms with Crippen LogP contribution in [0.2, 0.25) is 0 Å². The fraction of sp³-hybridized carbons (Fsp3) is 0.500. The fourth-order valence-corrected chi connectivity index (χ4v) is 2.27. The van der Waals surface area contributed by atoms with Gasteiger partial charge in [-0.25, -0.2) is 0 Å². The van der Waals surface area contributed by atoms with Crippen molar-refractivity contribution in [3.63, 3.8) is 0 Å². The van der Waals surface area contributed by atoms with Gasteiger partial charge in [0.25, 0.3) is 5.69 Å². The lowest BCUT2D eigenvalue weighted by Crippen LogP contribution is -2.26. The minimum absolute atomic E-state index is 0.0270. The van der Waals surface area contributed by atoms with Crippen molar-refractivity contribution in [1.29, 1.82) is 0 Å². The molecule has 0 aliphatic carbocycles. The zero-order valence-electron chi connectivity index (χ0n) is 10.8. The molecule has 7 nitrogen and oxygen atoms in total. The average Bonchev–Trinajstić information content (AvgIpc) is 2.91. The molecule has 7 heteroatoms. The van der Waals surface area contributed by atoms with Crippen molar-refractivity contribution in [2.24, 2.45) is 5.84 Å². The molecule has 0 aromatic heterocycles. The van der Waals surface area contributed by atoms with E-state index in [-0.39, 0.29) is 5.69 Å². The van der Waals surface area contributed by atoms with Crippen molar-refractivity contribution >= 4 is 17.1 Å². The van der Waals surface area contributed by atoms with E-state index in [9.17, 15) is 10.1 Å². The zero-order valence-corrected chi connectivity index (χ0v) is 10.8. The van der Waals surface area contributed by atoms with Gasteiger partial charge in [0.15, 0.2) is 0 Å². The molecular formula is C12H19N5O2. The Morgan fingerprint density at radius 2 is 1.95 bits per heavy atom. The quantitative estimate of drug-likeness (QED) is 0.408. The zero-order chi connectivity index (χ0) is 13.7. The third-order valence-corrected chi connectivity index (χ3v) is 3.25. The van der Waals surface area contributed by atoms with Crippen LogP contribution in [0.5, 0.6) is 0 Å². The number of anilines is 2. The largest absolute Gasteiger partial charge is 0.383 e. The van der Waals surface area contributed by atoms with Gasteiger partial charge < -0.3 is 15.6 Å². The van der Waals surface area contributed by atoms with Crippen LogP contribution in [0.15, 0.2) is 18.2 Å². The summed E-state index contributed by atoms with van der Waals surface area (Å²) in [7, 11) is 0. The molecule has 19 heavy (non-hydrogen) atoms. The molecule has 1 saturated heterocycles. The van der Waals surface area contributed by atoms with E-state index < -0.39 is 4.92 Å². The van der Waals surface area contributed by atoms with Gasteiger partial charge in [0.05, 0.1) is 10.6 Å². The van der Waals surface area contributed by atoms with Gasteiger partial charge >= 0.3 is 0 Å². The van der Waals surface area contributed by atoms with Gasteiger partial charge in [-0.05, 0) is 32.0 Å². The molecule has 2 rings (SSSR count). The molecule has 1 fully saturated rings. The summed E-state index contributed by atoms with van der Waals surface area (Å²) in [6.07, 6.45) is 2.52. The number of nitro groups is 1. The Bertz CT molecular complexity index is 446. The first kappa shape index (κ1) is 13.6. The maximum absolute atomic E-state index is 10.8. The molecule has 4 N–H and O–H groups in total. The van der Waals surface area contributed by atoms with Crippen molar-refractivity contribution in [2.45, 2.75) is 12.8 Å². The van der Waals surface area contributed by atoms with Crippen LogP contribution in [0.3, 0.4) is 0 Å². The van der Waals surface area contributed by atoms with Crippen LogP contribution in [-0.2, 0) is 0 Å². The number of hydrogen-bond acceptors (Lipinski definition) is 6. The third-order valence-electron chi connectivity index (χ3n) is 3.25. The van der Waals surface area contributed by atoms with Crippen molar-refractivity contribution < 1.29 is 4.92 Å². The van der Waals surface area contributed by atoms with Gasteiger partial charge in [-0.3, -0.25) is 16.0 Å². The van der Waals surface area contributed by atoms with Crippen molar-refractivity contribution in [3.05, 3.63) is 28.3 Å². The Morgan fingerprint density at radius 3 is 2.58 bits per heavy atom. The molecule has 1 aliphatic rings. The van der Waals surface area contributed by atoms with Gasteiger partial charge in [-0.2, -0.15) is 0 Å². The molecular weight excluding hydrogens is 246 g/mol. The number of nitrogens with two attached hydrogens (primary N) is 1. The summed E-state index contributed by atoms with van der Waals surface area (Å²) >= 11 is 0. The summed E-state index contributed by atoms with van der Waals surface area (Å²) in [6.45, 7) is 4.01. The number of nitro benzene ring substituents is 1. The topological polar surface area (TPSA) is 96.5 Å². The Hall–Kier alpha value is -1.86. The minimum atomic E-state index is -0.424. The van der Waals surface area contributed by atoms with Crippen LogP contribution >= 0.6 is 0 Å². The van der Waals surface area contributed by atoms with Crippen LogP contribution < -0.4 is 16.6 Å². The van der Waals surface area contributed by atoms with E-state index in [1.54, 1.807) is 6.07 Å². The summed E-state index contributed by atoms with van der Waals surface area (Å²) < 4.78 is 0. The number of nitrogens with zero attached hydrogens (tertiary/aromatic N) is 2. The van der Waals surface area contributed by atoms with E-state index in [2.05, 4.69) is 15.6 Å². The van der Waals surface area contributed by atoms with Crippen LogP contribution in [-0.4, -0.2) is 36.0 Å². The summed E-state index contributed by atoms with van der Waals surface area (Å²) in [5.74, 6) is 5.31. The lowest BCUT2D eigenvalue weighted by Gasteiger charge is -2.15. The molecule has 0 bridgehead atoms. The number of hydrazine groups is 1. The van der Waals surface area contributed by atoms with Crippen molar-refractivity contribution in [2.75, 3.05) is 36.9 Å². The second-order valence-corrected chi connectivity index (χ2v) is 4.65. The highest BCUT2D eigenvalue weighted by molar-refractivity contribution is 5.63. The number of likely N-dealkylation sites (tertiary alicyclic amines) is 1. The van der Waals surface area contributed by atoms with Crippen LogP contribution in [0, 0.1) is 10.1 Å².